The van der Waals surface area contributed by atoms with Gasteiger partial charge >= 0.3 is 6.09 Å². The van der Waals surface area contributed by atoms with E-state index in [1.807, 2.05) is 25.1 Å². The zero-order chi connectivity index (χ0) is 25.4. The van der Waals surface area contributed by atoms with Gasteiger partial charge in [0.25, 0.3) is 5.91 Å². The zero-order valence-electron chi connectivity index (χ0n) is 20.7. The summed E-state index contributed by atoms with van der Waals surface area (Å²) >= 11 is 1.61. The molecular weight excluding hydrogens is 490 g/mol. The van der Waals surface area contributed by atoms with Crippen molar-refractivity contribution in [1.29, 1.82) is 0 Å². The van der Waals surface area contributed by atoms with Gasteiger partial charge in [-0.05, 0) is 50.3 Å². The summed E-state index contributed by atoms with van der Waals surface area (Å²) in [5.41, 5.74) is 2.58. The van der Waals surface area contributed by atoms with Gasteiger partial charge in [0.1, 0.15) is 18.2 Å². The Labute approximate surface area is 219 Å². The van der Waals surface area contributed by atoms with Crippen LogP contribution in [0.15, 0.2) is 42.5 Å². The van der Waals surface area contributed by atoms with Gasteiger partial charge in [-0.3, -0.25) is 4.79 Å². The molecule has 6 rings (SSSR count). The summed E-state index contributed by atoms with van der Waals surface area (Å²) in [7, 11) is 0. The third-order valence-electron chi connectivity index (χ3n) is 6.67. The number of para-hydroxylation sites is 1. The van der Waals surface area contributed by atoms with E-state index in [9.17, 15) is 9.59 Å². The Bertz CT molecular complexity index is 1330. The Kier molecular flexibility index (Phi) is 6.46. The van der Waals surface area contributed by atoms with Crippen LogP contribution in [0.4, 0.5) is 4.79 Å². The summed E-state index contributed by atoms with van der Waals surface area (Å²) in [4.78, 5) is 33.5. The average Bonchev–Trinajstić information content (AvgIpc) is 3.84. The highest BCUT2D eigenvalue weighted by Crippen LogP contribution is 2.47. The number of ether oxygens (including phenoxy) is 3. The maximum atomic E-state index is 13.3. The lowest BCUT2D eigenvalue weighted by Gasteiger charge is -2.22. The Balaban J connectivity index is 1.13. The second-order valence-electron chi connectivity index (χ2n) is 9.71. The molecule has 0 saturated heterocycles. The number of carbonyl (C=O) groups excluding carboxylic acids is 2. The average molecular weight is 520 g/mol. The molecule has 1 N–H and O–H groups in total. The van der Waals surface area contributed by atoms with E-state index in [-0.39, 0.29) is 11.9 Å². The molecule has 3 aliphatic rings. The van der Waals surface area contributed by atoms with E-state index in [0.717, 1.165) is 46.7 Å². The minimum absolute atomic E-state index is 0.120. The molecule has 3 aromatic rings. The first-order chi connectivity index (χ1) is 18.1. The molecule has 2 fully saturated rings. The fourth-order valence-corrected chi connectivity index (χ4v) is 5.61. The molecule has 2 heterocycles. The van der Waals surface area contributed by atoms with E-state index in [2.05, 4.69) is 11.4 Å². The van der Waals surface area contributed by atoms with Crippen molar-refractivity contribution in [2.75, 3.05) is 26.3 Å². The van der Waals surface area contributed by atoms with E-state index >= 15 is 0 Å². The number of nitrogens with zero attached hydrogens (tertiary/aromatic N) is 2. The normalized spacial score (nSPS) is 16.2. The van der Waals surface area contributed by atoms with Gasteiger partial charge in [0.05, 0.1) is 10.4 Å². The van der Waals surface area contributed by atoms with Crippen molar-refractivity contribution in [3.8, 4) is 27.8 Å². The van der Waals surface area contributed by atoms with E-state index in [4.69, 9.17) is 19.2 Å². The molecule has 0 spiro atoms. The number of carbonyl (C=O) groups is 2. The van der Waals surface area contributed by atoms with Crippen LogP contribution in [0.1, 0.15) is 52.5 Å². The number of hydrogen-bond acceptors (Lipinski definition) is 7. The fourth-order valence-electron chi connectivity index (χ4n) is 4.45. The molecule has 1 aliphatic heterocycles. The monoisotopic (exact) mass is 519 g/mol. The van der Waals surface area contributed by atoms with Crippen molar-refractivity contribution in [2.45, 2.75) is 44.6 Å². The minimum atomic E-state index is -0.424. The highest BCUT2D eigenvalue weighted by atomic mass is 32.1. The van der Waals surface area contributed by atoms with Crippen LogP contribution >= 0.6 is 11.3 Å². The van der Waals surface area contributed by atoms with E-state index in [1.54, 1.807) is 34.4 Å². The first-order valence-electron chi connectivity index (χ1n) is 12.8. The molecule has 0 bridgehead atoms. The number of benzene rings is 2. The number of aromatic nitrogens is 1. The van der Waals surface area contributed by atoms with Gasteiger partial charge in [-0.25, -0.2) is 9.78 Å². The van der Waals surface area contributed by atoms with Gasteiger partial charge in [0.15, 0.2) is 11.5 Å². The number of aryl methyl sites for hydroxylation is 1. The lowest BCUT2D eigenvalue weighted by atomic mass is 10.1. The Morgan fingerprint density at radius 2 is 1.92 bits per heavy atom. The number of thiazole rings is 1. The lowest BCUT2D eigenvalue weighted by molar-refractivity contribution is 0.0933. The highest BCUT2D eigenvalue weighted by molar-refractivity contribution is 7.15. The van der Waals surface area contributed by atoms with Crippen molar-refractivity contribution in [1.82, 2.24) is 15.2 Å². The van der Waals surface area contributed by atoms with Gasteiger partial charge in [-0.2, -0.15) is 0 Å². The molecule has 0 radical (unpaired) electrons. The smallest absolute Gasteiger partial charge is 0.416 e. The molecule has 2 aliphatic carbocycles. The Hall–Kier alpha value is -3.59. The van der Waals surface area contributed by atoms with Gasteiger partial charge < -0.3 is 24.4 Å². The van der Waals surface area contributed by atoms with Gasteiger partial charge in [-0.15, -0.1) is 11.3 Å². The fraction of sp³-hybridized carbons (Fsp3) is 0.393. The highest BCUT2D eigenvalue weighted by Gasteiger charge is 2.35. The third-order valence-corrected chi connectivity index (χ3v) is 7.92. The summed E-state index contributed by atoms with van der Waals surface area (Å²) < 4.78 is 17.1. The predicted octanol–water partition coefficient (Wildman–Crippen LogP) is 5.16. The number of hydrogen-bond donors (Lipinski definition) is 1. The maximum absolute atomic E-state index is 13.3. The second kappa shape index (κ2) is 10.0. The lowest BCUT2D eigenvalue weighted by Crippen LogP contribution is -2.41. The van der Waals surface area contributed by atoms with Crippen molar-refractivity contribution in [2.24, 2.45) is 0 Å². The molecular formula is C28H29N3O5S. The minimum Gasteiger partial charge on any atom is -0.486 e. The molecule has 9 heteroatoms. The summed E-state index contributed by atoms with van der Waals surface area (Å²) in [5.74, 6) is 1.62. The molecule has 0 atom stereocenters. The summed E-state index contributed by atoms with van der Waals surface area (Å²) in [6, 6.07) is 13.6. The predicted molar refractivity (Wildman–Crippen MR) is 140 cm³/mol. The molecule has 0 unspecified atom stereocenters. The molecule has 192 valence electrons. The molecule has 2 amide bonds. The largest absolute Gasteiger partial charge is 0.486 e. The molecule has 2 aromatic carbocycles. The van der Waals surface area contributed by atoms with E-state index in [1.165, 1.54) is 0 Å². The van der Waals surface area contributed by atoms with Crippen molar-refractivity contribution in [3.63, 3.8) is 0 Å². The van der Waals surface area contributed by atoms with Crippen LogP contribution in [0.5, 0.6) is 17.4 Å². The first kappa shape index (κ1) is 23.8. The number of fused-ring (bicyclic) bond motifs is 1. The SMILES string of the molecule is Cc1cccc(-c2sc(C3CC3)nc2OC(=O)N(CCNC(=O)c2cccc3c2OCCO3)C2CC2)c1. The second-order valence-corrected chi connectivity index (χ2v) is 10.7. The van der Waals surface area contributed by atoms with E-state index in [0.29, 0.717) is 55.2 Å². The Morgan fingerprint density at radius 1 is 1.11 bits per heavy atom. The van der Waals surface area contributed by atoms with Crippen LogP contribution in [0.25, 0.3) is 10.4 Å². The van der Waals surface area contributed by atoms with Gasteiger partial charge in [0.2, 0.25) is 5.88 Å². The third kappa shape index (κ3) is 5.27. The maximum Gasteiger partial charge on any atom is 0.416 e. The van der Waals surface area contributed by atoms with Gasteiger partial charge in [-0.1, -0.05) is 35.9 Å². The molecule has 1 aromatic heterocycles. The van der Waals surface area contributed by atoms with Crippen LogP contribution in [-0.2, 0) is 0 Å². The summed E-state index contributed by atoms with van der Waals surface area (Å²) in [5, 5.41) is 3.94. The van der Waals surface area contributed by atoms with E-state index < -0.39 is 6.09 Å². The molecule has 2 saturated carbocycles. The van der Waals surface area contributed by atoms with Crippen LogP contribution in [0.2, 0.25) is 0 Å². The molecule has 37 heavy (non-hydrogen) atoms. The van der Waals surface area contributed by atoms with Crippen LogP contribution in [0, 0.1) is 6.92 Å². The van der Waals surface area contributed by atoms with Crippen LogP contribution in [-0.4, -0.2) is 54.2 Å². The molecule has 8 nitrogen and oxygen atoms in total. The number of rotatable bonds is 8. The van der Waals surface area contributed by atoms with Crippen LogP contribution < -0.4 is 19.5 Å². The summed E-state index contributed by atoms with van der Waals surface area (Å²) in [6.07, 6.45) is 3.69. The van der Waals surface area contributed by atoms with Crippen molar-refractivity contribution in [3.05, 3.63) is 58.6 Å². The zero-order valence-corrected chi connectivity index (χ0v) is 21.5. The standard InChI is InChI=1S/C28H29N3O5S/c1-17-4-2-5-19(16-17)24-26(30-27(37-24)18-8-9-18)36-28(33)31(20-10-11-20)13-12-29-25(32)21-6-3-7-22-23(21)35-15-14-34-22/h2-7,16,18,20H,8-15H2,1H3,(H,29,32). The number of amides is 2. The van der Waals surface area contributed by atoms with Crippen molar-refractivity contribution < 1.29 is 23.8 Å². The van der Waals surface area contributed by atoms with Gasteiger partial charge in [0, 0.05) is 25.0 Å². The number of nitrogens with one attached hydrogen (secondary N) is 1. The quantitative estimate of drug-likeness (QED) is 0.442. The van der Waals surface area contributed by atoms with Crippen LogP contribution in [0.3, 0.4) is 0 Å². The van der Waals surface area contributed by atoms with Crippen molar-refractivity contribution >= 4 is 23.3 Å². The Morgan fingerprint density at radius 3 is 2.70 bits per heavy atom. The summed E-state index contributed by atoms with van der Waals surface area (Å²) in [6.45, 7) is 3.56. The first-order valence-corrected chi connectivity index (χ1v) is 13.6. The topological polar surface area (TPSA) is 90.0 Å².